The molecule has 0 saturated heterocycles. The molecule has 4 rings (SSSR count). The van der Waals surface area contributed by atoms with Crippen molar-refractivity contribution in [3.05, 3.63) is 93.8 Å². The second-order valence-corrected chi connectivity index (χ2v) is 9.66. The molecule has 1 aliphatic rings. The van der Waals surface area contributed by atoms with E-state index in [0.29, 0.717) is 40.2 Å². The summed E-state index contributed by atoms with van der Waals surface area (Å²) in [5.41, 5.74) is 8.74. The zero-order valence-electron chi connectivity index (χ0n) is 22.0. The zero-order valence-corrected chi connectivity index (χ0v) is 22.8. The quantitative estimate of drug-likeness (QED) is 0.162. The van der Waals surface area contributed by atoms with Crippen LogP contribution in [0, 0.1) is 11.3 Å². The van der Waals surface area contributed by atoms with Crippen molar-refractivity contribution in [2.24, 2.45) is 5.73 Å². The normalized spacial score (nSPS) is 14.2. The fourth-order valence-electron chi connectivity index (χ4n) is 4.47. The molecule has 1 unspecified atom stereocenters. The molecule has 202 valence electrons. The van der Waals surface area contributed by atoms with Crippen LogP contribution in [0.15, 0.2) is 72.1 Å². The number of carbonyl (C=O) groups is 1. The van der Waals surface area contributed by atoms with Crippen molar-refractivity contribution in [3.63, 3.8) is 0 Å². The lowest BCUT2D eigenvalue weighted by atomic mass is 9.83. The van der Waals surface area contributed by atoms with E-state index in [2.05, 4.69) is 13.0 Å². The molecule has 0 spiro atoms. The van der Waals surface area contributed by atoms with Crippen molar-refractivity contribution in [1.29, 1.82) is 5.26 Å². The molecular weight excluding hydrogens is 516 g/mol. The standard InChI is InChI=1S/C31H31ClN2O5/c1-3-4-5-6-15-37-26-14-9-21(17-28(26)36-2)30-24-13-12-23(18-27(24)39-31(34)25(30)19-33)38-29(35)16-20-7-10-22(32)11-8-20/h7-14,17-18,30H,3-6,15-16,34H2,1-2H3. The highest BCUT2D eigenvalue weighted by atomic mass is 35.5. The van der Waals surface area contributed by atoms with Gasteiger partial charge in [-0.25, -0.2) is 0 Å². The Kier molecular flexibility index (Phi) is 9.35. The average Bonchev–Trinajstić information content (AvgIpc) is 2.93. The fourth-order valence-corrected chi connectivity index (χ4v) is 4.60. The number of benzene rings is 3. The van der Waals surface area contributed by atoms with Crippen molar-refractivity contribution in [1.82, 2.24) is 0 Å². The van der Waals surface area contributed by atoms with Crippen molar-refractivity contribution in [2.45, 2.75) is 44.9 Å². The van der Waals surface area contributed by atoms with Gasteiger partial charge < -0.3 is 24.7 Å². The van der Waals surface area contributed by atoms with Gasteiger partial charge >= 0.3 is 5.97 Å². The summed E-state index contributed by atoms with van der Waals surface area (Å²) in [7, 11) is 1.58. The lowest BCUT2D eigenvalue weighted by Gasteiger charge is -2.27. The third-order valence-electron chi connectivity index (χ3n) is 6.46. The molecule has 8 heteroatoms. The average molecular weight is 547 g/mol. The number of fused-ring (bicyclic) bond motifs is 1. The maximum absolute atomic E-state index is 12.5. The van der Waals surface area contributed by atoms with Crippen LogP contribution in [-0.4, -0.2) is 19.7 Å². The Bertz CT molecular complexity index is 1400. The number of allylic oxidation sites excluding steroid dienone is 1. The van der Waals surface area contributed by atoms with Gasteiger partial charge in [0.05, 0.1) is 26.1 Å². The minimum atomic E-state index is -0.495. The molecule has 2 N–H and O–H groups in total. The van der Waals surface area contributed by atoms with E-state index in [9.17, 15) is 10.1 Å². The number of methoxy groups -OCH3 is 1. The molecule has 0 aliphatic carbocycles. The van der Waals surface area contributed by atoms with E-state index < -0.39 is 11.9 Å². The molecule has 3 aromatic carbocycles. The summed E-state index contributed by atoms with van der Waals surface area (Å²) in [5.74, 6) is 0.997. The molecule has 0 fully saturated rings. The number of hydrogen-bond acceptors (Lipinski definition) is 7. The van der Waals surface area contributed by atoms with Crippen LogP contribution in [0.1, 0.15) is 55.2 Å². The van der Waals surface area contributed by atoms with E-state index >= 15 is 0 Å². The summed E-state index contributed by atoms with van der Waals surface area (Å²) < 4.78 is 22.9. The molecule has 0 aromatic heterocycles. The number of nitrogens with zero attached hydrogens (tertiary/aromatic N) is 1. The van der Waals surface area contributed by atoms with Crippen LogP contribution in [-0.2, 0) is 11.2 Å². The maximum Gasteiger partial charge on any atom is 0.315 e. The van der Waals surface area contributed by atoms with Gasteiger partial charge in [0.25, 0.3) is 0 Å². The second kappa shape index (κ2) is 13.1. The summed E-state index contributed by atoms with van der Waals surface area (Å²) in [5, 5.41) is 10.5. The highest BCUT2D eigenvalue weighted by Gasteiger charge is 2.31. The molecule has 1 aliphatic heterocycles. The predicted molar refractivity (Wildman–Crippen MR) is 149 cm³/mol. The molecule has 7 nitrogen and oxygen atoms in total. The summed E-state index contributed by atoms with van der Waals surface area (Å²) >= 11 is 5.92. The van der Waals surface area contributed by atoms with Gasteiger partial charge in [-0.15, -0.1) is 0 Å². The fraction of sp³-hybridized carbons (Fsp3) is 0.290. The number of rotatable bonds is 11. The van der Waals surface area contributed by atoms with Crippen molar-refractivity contribution < 1.29 is 23.7 Å². The van der Waals surface area contributed by atoms with Crippen molar-refractivity contribution in [2.75, 3.05) is 13.7 Å². The van der Waals surface area contributed by atoms with Crippen LogP contribution in [0.3, 0.4) is 0 Å². The number of ether oxygens (including phenoxy) is 4. The number of carbonyl (C=O) groups excluding carboxylic acids is 1. The Morgan fingerprint density at radius 3 is 2.56 bits per heavy atom. The Balaban J connectivity index is 1.56. The topological polar surface area (TPSA) is 104 Å². The SMILES string of the molecule is CCCCCCOc1ccc(C2C(C#N)=C(N)Oc3cc(OC(=O)Cc4ccc(Cl)cc4)ccc32)cc1OC. The monoisotopic (exact) mass is 546 g/mol. The molecule has 0 amide bonds. The first-order valence-electron chi connectivity index (χ1n) is 12.9. The summed E-state index contributed by atoms with van der Waals surface area (Å²) in [6, 6.07) is 19.8. The van der Waals surface area contributed by atoms with Gasteiger partial charge in [-0.05, 0) is 47.9 Å². The highest BCUT2D eigenvalue weighted by molar-refractivity contribution is 6.30. The zero-order chi connectivity index (χ0) is 27.8. The maximum atomic E-state index is 12.5. The van der Waals surface area contributed by atoms with Gasteiger partial charge in [-0.3, -0.25) is 4.79 Å². The van der Waals surface area contributed by atoms with E-state index in [-0.39, 0.29) is 17.9 Å². The van der Waals surface area contributed by atoms with Gasteiger partial charge in [-0.2, -0.15) is 5.26 Å². The molecule has 0 saturated carbocycles. The van der Waals surface area contributed by atoms with E-state index in [4.69, 9.17) is 36.3 Å². The Morgan fingerprint density at radius 2 is 1.85 bits per heavy atom. The number of nitrogens with two attached hydrogens (primary N) is 1. The van der Waals surface area contributed by atoms with E-state index in [0.717, 1.165) is 30.4 Å². The number of halogens is 1. The molecular formula is C31H31ClN2O5. The largest absolute Gasteiger partial charge is 0.493 e. The molecule has 1 heterocycles. The van der Waals surface area contributed by atoms with Gasteiger partial charge in [0, 0.05) is 16.7 Å². The molecule has 39 heavy (non-hydrogen) atoms. The highest BCUT2D eigenvalue weighted by Crippen LogP contribution is 2.45. The minimum absolute atomic E-state index is 0.00476. The lowest BCUT2D eigenvalue weighted by molar-refractivity contribution is -0.133. The molecule has 0 radical (unpaired) electrons. The molecule has 1 atom stereocenters. The van der Waals surface area contributed by atoms with Crippen LogP contribution in [0.4, 0.5) is 0 Å². The summed E-state index contributed by atoms with van der Waals surface area (Å²) in [4.78, 5) is 12.5. The minimum Gasteiger partial charge on any atom is -0.493 e. The van der Waals surface area contributed by atoms with Crippen LogP contribution >= 0.6 is 11.6 Å². The van der Waals surface area contributed by atoms with Crippen molar-refractivity contribution >= 4 is 17.6 Å². The first kappa shape index (κ1) is 27.9. The number of nitriles is 1. The first-order chi connectivity index (χ1) is 18.9. The van der Waals surface area contributed by atoms with Gasteiger partial charge in [0.1, 0.15) is 23.1 Å². The first-order valence-corrected chi connectivity index (χ1v) is 13.3. The van der Waals surface area contributed by atoms with E-state index in [1.807, 2.05) is 18.2 Å². The Labute approximate surface area is 233 Å². The van der Waals surface area contributed by atoms with E-state index in [1.54, 1.807) is 49.6 Å². The number of unbranched alkanes of at least 4 members (excludes halogenated alkanes) is 3. The number of hydrogen-bond donors (Lipinski definition) is 1. The van der Waals surface area contributed by atoms with Gasteiger partial charge in [0.15, 0.2) is 11.5 Å². The third-order valence-corrected chi connectivity index (χ3v) is 6.71. The van der Waals surface area contributed by atoms with Crippen LogP contribution in [0.2, 0.25) is 5.02 Å². The molecule has 0 bridgehead atoms. The van der Waals surface area contributed by atoms with Crippen molar-refractivity contribution in [3.8, 4) is 29.1 Å². The van der Waals surface area contributed by atoms with Crippen LogP contribution < -0.4 is 24.7 Å². The predicted octanol–water partition coefficient (Wildman–Crippen LogP) is 6.67. The van der Waals surface area contributed by atoms with Gasteiger partial charge in [-0.1, -0.05) is 62.1 Å². The Morgan fingerprint density at radius 1 is 1.05 bits per heavy atom. The van der Waals surface area contributed by atoms with Crippen LogP contribution in [0.5, 0.6) is 23.0 Å². The number of esters is 1. The summed E-state index contributed by atoms with van der Waals surface area (Å²) in [6.45, 7) is 2.77. The molecule has 3 aromatic rings. The van der Waals surface area contributed by atoms with Gasteiger partial charge in [0.2, 0.25) is 5.88 Å². The lowest BCUT2D eigenvalue weighted by Crippen LogP contribution is -2.21. The van der Waals surface area contributed by atoms with E-state index in [1.165, 1.54) is 6.42 Å². The Hall–Kier alpha value is -4.15. The van der Waals surface area contributed by atoms with Crippen LogP contribution in [0.25, 0.3) is 0 Å². The smallest absolute Gasteiger partial charge is 0.315 e. The second-order valence-electron chi connectivity index (χ2n) is 9.22. The summed E-state index contributed by atoms with van der Waals surface area (Å²) in [6.07, 6.45) is 4.51. The third kappa shape index (κ3) is 6.84.